The molecule has 0 amide bonds. The number of pyridine rings is 1. The molecule has 19 heavy (non-hydrogen) atoms. The smallest absolute Gasteiger partial charge is 0.320 e. The zero-order chi connectivity index (χ0) is 13.8. The van der Waals surface area contributed by atoms with Gasteiger partial charge in [0, 0.05) is 18.9 Å². The fourth-order valence-electron chi connectivity index (χ4n) is 1.99. The number of carbonyl (C=O) groups excluding carboxylic acids is 1. The molecule has 2 aromatic heterocycles. The molecule has 0 aliphatic rings. The highest BCUT2D eigenvalue weighted by Gasteiger charge is 2.09. The van der Waals surface area contributed by atoms with E-state index in [1.165, 1.54) is 5.56 Å². The Bertz CT molecular complexity index is 577. The molecule has 0 spiro atoms. The maximum Gasteiger partial charge on any atom is 0.320 e. The van der Waals surface area contributed by atoms with Gasteiger partial charge in [-0.15, -0.1) is 0 Å². The van der Waals surface area contributed by atoms with Crippen molar-refractivity contribution < 1.29 is 9.53 Å². The van der Waals surface area contributed by atoms with Gasteiger partial charge in [-0.2, -0.15) is 0 Å². The standard InChI is InChI=1S/C14H19N3O2/c1-4-19-14(18)10-16(3)8-12-9-17-7-11(2)5-6-13(17)15-12/h5-7,9H,4,8,10H2,1-3H3. The van der Waals surface area contributed by atoms with Gasteiger partial charge in [0.1, 0.15) is 5.65 Å². The van der Waals surface area contributed by atoms with Crippen LogP contribution in [0.4, 0.5) is 0 Å². The predicted octanol–water partition coefficient (Wildman–Crippen LogP) is 1.64. The number of likely N-dealkylation sites (N-methyl/N-ethyl adjacent to an activating group) is 1. The molecular weight excluding hydrogens is 242 g/mol. The van der Waals surface area contributed by atoms with E-state index in [0.717, 1.165) is 11.3 Å². The summed E-state index contributed by atoms with van der Waals surface area (Å²) in [6.45, 7) is 5.18. The van der Waals surface area contributed by atoms with Crippen LogP contribution in [0.2, 0.25) is 0 Å². The van der Waals surface area contributed by atoms with E-state index in [2.05, 4.69) is 4.98 Å². The van der Waals surface area contributed by atoms with Crippen LogP contribution in [0.1, 0.15) is 18.2 Å². The van der Waals surface area contributed by atoms with E-state index < -0.39 is 0 Å². The van der Waals surface area contributed by atoms with Crippen molar-refractivity contribution in [3.05, 3.63) is 35.8 Å². The summed E-state index contributed by atoms with van der Waals surface area (Å²) in [7, 11) is 1.88. The lowest BCUT2D eigenvalue weighted by molar-refractivity contribution is -0.144. The summed E-state index contributed by atoms with van der Waals surface area (Å²) in [5, 5.41) is 0. The molecule has 2 aromatic rings. The maximum atomic E-state index is 11.4. The first-order valence-corrected chi connectivity index (χ1v) is 6.37. The van der Waals surface area contributed by atoms with Crippen LogP contribution in [-0.4, -0.2) is 40.5 Å². The molecule has 0 fully saturated rings. The number of hydrogen-bond acceptors (Lipinski definition) is 4. The predicted molar refractivity (Wildman–Crippen MR) is 72.9 cm³/mol. The minimum absolute atomic E-state index is 0.204. The monoisotopic (exact) mass is 261 g/mol. The third kappa shape index (κ3) is 3.54. The summed E-state index contributed by atoms with van der Waals surface area (Å²) < 4.78 is 6.92. The molecule has 5 nitrogen and oxygen atoms in total. The Balaban J connectivity index is 2.02. The van der Waals surface area contributed by atoms with Crippen molar-refractivity contribution in [3.63, 3.8) is 0 Å². The molecule has 2 rings (SSSR count). The second-order valence-electron chi connectivity index (χ2n) is 4.68. The van der Waals surface area contributed by atoms with Crippen molar-refractivity contribution in [2.75, 3.05) is 20.2 Å². The lowest BCUT2D eigenvalue weighted by Crippen LogP contribution is -2.27. The van der Waals surface area contributed by atoms with Gasteiger partial charge in [-0.25, -0.2) is 4.98 Å². The van der Waals surface area contributed by atoms with Gasteiger partial charge in [0.15, 0.2) is 0 Å². The molecule has 0 saturated heterocycles. The molecule has 0 unspecified atom stereocenters. The number of fused-ring (bicyclic) bond motifs is 1. The van der Waals surface area contributed by atoms with Crippen LogP contribution < -0.4 is 0 Å². The molecule has 0 saturated carbocycles. The van der Waals surface area contributed by atoms with E-state index in [0.29, 0.717) is 13.2 Å². The van der Waals surface area contributed by atoms with E-state index in [1.54, 1.807) is 0 Å². The van der Waals surface area contributed by atoms with Crippen LogP contribution in [0.15, 0.2) is 24.5 Å². The largest absolute Gasteiger partial charge is 0.465 e. The molecule has 2 heterocycles. The van der Waals surface area contributed by atoms with Gasteiger partial charge in [0.05, 0.1) is 18.8 Å². The number of carbonyl (C=O) groups is 1. The molecule has 0 radical (unpaired) electrons. The topological polar surface area (TPSA) is 46.8 Å². The summed E-state index contributed by atoms with van der Waals surface area (Å²) in [5.74, 6) is -0.204. The molecule has 0 bridgehead atoms. The van der Waals surface area contributed by atoms with E-state index in [9.17, 15) is 4.79 Å². The van der Waals surface area contributed by atoms with Crippen LogP contribution in [-0.2, 0) is 16.1 Å². The molecule has 5 heteroatoms. The van der Waals surface area contributed by atoms with Crippen molar-refractivity contribution in [3.8, 4) is 0 Å². The number of hydrogen-bond donors (Lipinski definition) is 0. The SMILES string of the molecule is CCOC(=O)CN(C)Cc1cn2cc(C)ccc2n1. The van der Waals surface area contributed by atoms with Gasteiger partial charge in [-0.05, 0) is 32.5 Å². The van der Waals surface area contributed by atoms with Gasteiger partial charge >= 0.3 is 5.97 Å². The summed E-state index contributed by atoms with van der Waals surface area (Å²) in [6.07, 6.45) is 4.03. The number of imidazole rings is 1. The molecule has 0 aliphatic heterocycles. The Morgan fingerprint density at radius 2 is 2.21 bits per heavy atom. The lowest BCUT2D eigenvalue weighted by Gasteiger charge is -2.13. The highest BCUT2D eigenvalue weighted by Crippen LogP contribution is 2.08. The second kappa shape index (κ2) is 5.84. The number of rotatable bonds is 5. The van der Waals surface area contributed by atoms with Gasteiger partial charge in [-0.1, -0.05) is 6.07 Å². The van der Waals surface area contributed by atoms with Gasteiger partial charge in [0.2, 0.25) is 0 Å². The Morgan fingerprint density at radius 1 is 1.42 bits per heavy atom. The van der Waals surface area contributed by atoms with Crippen molar-refractivity contribution in [1.82, 2.24) is 14.3 Å². The first kappa shape index (κ1) is 13.5. The van der Waals surface area contributed by atoms with E-state index >= 15 is 0 Å². The van der Waals surface area contributed by atoms with Crippen LogP contribution in [0.25, 0.3) is 5.65 Å². The summed E-state index contributed by atoms with van der Waals surface area (Å²) in [4.78, 5) is 17.8. The minimum atomic E-state index is -0.204. The van der Waals surface area contributed by atoms with Gasteiger partial charge < -0.3 is 9.14 Å². The second-order valence-corrected chi connectivity index (χ2v) is 4.68. The van der Waals surface area contributed by atoms with Crippen LogP contribution in [0, 0.1) is 6.92 Å². The van der Waals surface area contributed by atoms with Crippen molar-refractivity contribution in [2.45, 2.75) is 20.4 Å². The molecular formula is C14H19N3O2. The molecule has 102 valence electrons. The first-order valence-electron chi connectivity index (χ1n) is 6.37. The maximum absolute atomic E-state index is 11.4. The Kier molecular flexibility index (Phi) is 4.16. The van der Waals surface area contributed by atoms with Crippen LogP contribution in [0.5, 0.6) is 0 Å². The lowest BCUT2D eigenvalue weighted by atomic mass is 10.3. The van der Waals surface area contributed by atoms with Crippen LogP contribution in [0.3, 0.4) is 0 Å². The summed E-state index contributed by atoms with van der Waals surface area (Å²) >= 11 is 0. The number of ether oxygens (including phenoxy) is 1. The van der Waals surface area contributed by atoms with E-state index in [-0.39, 0.29) is 12.5 Å². The third-order valence-corrected chi connectivity index (χ3v) is 2.79. The van der Waals surface area contributed by atoms with Crippen LogP contribution >= 0.6 is 0 Å². The van der Waals surface area contributed by atoms with Gasteiger partial charge in [0.25, 0.3) is 0 Å². The number of esters is 1. The van der Waals surface area contributed by atoms with E-state index in [4.69, 9.17) is 4.74 Å². The molecule has 0 atom stereocenters. The normalized spacial score (nSPS) is 11.2. The quantitative estimate of drug-likeness (QED) is 0.768. The average molecular weight is 261 g/mol. The molecule has 0 N–H and O–H groups in total. The van der Waals surface area contributed by atoms with Gasteiger partial charge in [-0.3, -0.25) is 9.69 Å². The van der Waals surface area contributed by atoms with Crippen molar-refractivity contribution in [1.29, 1.82) is 0 Å². The zero-order valence-corrected chi connectivity index (χ0v) is 11.6. The Hall–Kier alpha value is -1.88. The minimum Gasteiger partial charge on any atom is -0.465 e. The molecule has 0 aliphatic carbocycles. The first-order chi connectivity index (χ1) is 9.08. The fourth-order valence-corrected chi connectivity index (χ4v) is 1.99. The zero-order valence-electron chi connectivity index (χ0n) is 11.6. The average Bonchev–Trinajstić information content (AvgIpc) is 2.70. The summed E-state index contributed by atoms with van der Waals surface area (Å²) in [6, 6.07) is 4.03. The highest BCUT2D eigenvalue weighted by molar-refractivity contribution is 5.71. The fraction of sp³-hybridized carbons (Fsp3) is 0.429. The van der Waals surface area contributed by atoms with Crippen molar-refractivity contribution >= 4 is 11.6 Å². The molecule has 0 aromatic carbocycles. The summed E-state index contributed by atoms with van der Waals surface area (Å²) in [5.41, 5.74) is 3.05. The van der Waals surface area contributed by atoms with E-state index in [1.807, 2.05) is 54.7 Å². The highest BCUT2D eigenvalue weighted by atomic mass is 16.5. The number of aromatic nitrogens is 2. The Morgan fingerprint density at radius 3 is 2.95 bits per heavy atom. The third-order valence-electron chi connectivity index (χ3n) is 2.79. The number of aryl methyl sites for hydroxylation is 1. The Labute approximate surface area is 112 Å². The van der Waals surface area contributed by atoms with Crippen molar-refractivity contribution in [2.24, 2.45) is 0 Å². The number of nitrogens with zero attached hydrogens (tertiary/aromatic N) is 3.